The molecule has 0 spiro atoms. The van der Waals surface area contributed by atoms with E-state index in [0.29, 0.717) is 13.2 Å². The SMILES string of the molecule is O=C(C=Cc1nc2ccccc2s1)Nc1cccc(COCc2ccco2)c1. The molecule has 0 unspecified atom stereocenters. The number of hydrogen-bond donors (Lipinski definition) is 1. The van der Waals surface area contributed by atoms with E-state index in [-0.39, 0.29) is 5.91 Å². The molecule has 2 heterocycles. The molecule has 0 atom stereocenters. The Balaban J connectivity index is 1.33. The monoisotopic (exact) mass is 390 g/mol. The first kappa shape index (κ1) is 18.2. The first-order valence-electron chi connectivity index (χ1n) is 8.80. The lowest BCUT2D eigenvalue weighted by molar-refractivity contribution is -0.111. The summed E-state index contributed by atoms with van der Waals surface area (Å²) in [6.07, 6.45) is 4.85. The van der Waals surface area contributed by atoms with Gasteiger partial charge in [0, 0.05) is 11.8 Å². The molecule has 4 aromatic rings. The van der Waals surface area contributed by atoms with Gasteiger partial charge >= 0.3 is 0 Å². The third-order valence-electron chi connectivity index (χ3n) is 3.98. The second-order valence-corrected chi connectivity index (χ2v) is 7.18. The highest BCUT2D eigenvalue weighted by Gasteiger charge is 2.03. The summed E-state index contributed by atoms with van der Waals surface area (Å²) in [6.45, 7) is 0.848. The van der Waals surface area contributed by atoms with E-state index in [1.165, 1.54) is 6.08 Å². The van der Waals surface area contributed by atoms with Gasteiger partial charge in [-0.25, -0.2) is 4.98 Å². The van der Waals surface area contributed by atoms with Crippen molar-refractivity contribution in [2.45, 2.75) is 13.2 Å². The van der Waals surface area contributed by atoms with Crippen molar-refractivity contribution in [1.29, 1.82) is 0 Å². The minimum absolute atomic E-state index is 0.201. The van der Waals surface area contributed by atoms with E-state index in [9.17, 15) is 4.79 Å². The molecule has 4 rings (SSSR count). The van der Waals surface area contributed by atoms with E-state index in [0.717, 1.165) is 32.2 Å². The van der Waals surface area contributed by atoms with Crippen LogP contribution in [0.4, 0.5) is 5.69 Å². The number of rotatable bonds is 7. The predicted octanol–water partition coefficient (Wildman–Crippen LogP) is 5.26. The lowest BCUT2D eigenvalue weighted by atomic mass is 10.2. The van der Waals surface area contributed by atoms with Crippen molar-refractivity contribution in [1.82, 2.24) is 4.98 Å². The number of hydrogen-bond acceptors (Lipinski definition) is 5. The highest BCUT2D eigenvalue weighted by atomic mass is 32.1. The number of anilines is 1. The number of furan rings is 1. The highest BCUT2D eigenvalue weighted by molar-refractivity contribution is 7.19. The number of nitrogens with one attached hydrogen (secondary N) is 1. The molecule has 0 saturated heterocycles. The van der Waals surface area contributed by atoms with Crippen LogP contribution in [0.15, 0.2) is 77.4 Å². The highest BCUT2D eigenvalue weighted by Crippen LogP contribution is 2.22. The van der Waals surface area contributed by atoms with Crippen molar-refractivity contribution in [3.05, 3.63) is 89.3 Å². The normalized spacial score (nSPS) is 11.3. The molecular weight excluding hydrogens is 372 g/mol. The van der Waals surface area contributed by atoms with Gasteiger partial charge < -0.3 is 14.5 Å². The number of benzene rings is 2. The summed E-state index contributed by atoms with van der Waals surface area (Å²) >= 11 is 1.55. The Bertz CT molecular complexity index is 1070. The second kappa shape index (κ2) is 8.65. The van der Waals surface area contributed by atoms with Crippen molar-refractivity contribution < 1.29 is 13.9 Å². The molecule has 0 saturated carbocycles. The van der Waals surface area contributed by atoms with Crippen molar-refractivity contribution in [2.75, 3.05) is 5.32 Å². The Morgan fingerprint density at radius 1 is 1.11 bits per heavy atom. The molecule has 0 aliphatic carbocycles. The summed E-state index contributed by atoms with van der Waals surface area (Å²) < 4.78 is 12.0. The van der Waals surface area contributed by atoms with Gasteiger partial charge in [-0.15, -0.1) is 11.3 Å². The molecule has 1 amide bonds. The largest absolute Gasteiger partial charge is 0.467 e. The lowest BCUT2D eigenvalue weighted by Gasteiger charge is -2.06. The quantitative estimate of drug-likeness (QED) is 0.437. The van der Waals surface area contributed by atoms with Crippen LogP contribution in [-0.4, -0.2) is 10.9 Å². The van der Waals surface area contributed by atoms with Crippen LogP contribution in [-0.2, 0) is 22.7 Å². The molecule has 2 aromatic carbocycles. The molecule has 1 N–H and O–H groups in total. The van der Waals surface area contributed by atoms with Crippen LogP contribution in [0.1, 0.15) is 16.3 Å². The Labute approximate surface area is 166 Å². The number of amides is 1. The average molecular weight is 390 g/mol. The average Bonchev–Trinajstić information content (AvgIpc) is 3.36. The van der Waals surface area contributed by atoms with E-state index in [2.05, 4.69) is 10.3 Å². The summed E-state index contributed by atoms with van der Waals surface area (Å²) in [6, 6.07) is 19.2. The fourth-order valence-corrected chi connectivity index (χ4v) is 3.57. The summed E-state index contributed by atoms with van der Waals surface area (Å²) in [5, 5.41) is 3.67. The Hall–Kier alpha value is -3.22. The van der Waals surface area contributed by atoms with E-state index in [1.54, 1.807) is 23.7 Å². The van der Waals surface area contributed by atoms with E-state index in [4.69, 9.17) is 9.15 Å². The molecule has 0 bridgehead atoms. The predicted molar refractivity (Wildman–Crippen MR) is 111 cm³/mol. The van der Waals surface area contributed by atoms with Gasteiger partial charge in [-0.3, -0.25) is 4.79 Å². The molecule has 28 heavy (non-hydrogen) atoms. The maximum atomic E-state index is 12.2. The van der Waals surface area contributed by atoms with Crippen molar-refractivity contribution in [3.63, 3.8) is 0 Å². The zero-order valence-corrected chi connectivity index (χ0v) is 15.8. The van der Waals surface area contributed by atoms with Gasteiger partial charge in [0.25, 0.3) is 0 Å². The van der Waals surface area contributed by atoms with Crippen molar-refractivity contribution in [3.8, 4) is 0 Å². The van der Waals surface area contributed by atoms with Crippen LogP contribution in [0, 0.1) is 0 Å². The number of carbonyl (C=O) groups excluding carboxylic acids is 1. The summed E-state index contributed by atoms with van der Waals surface area (Å²) in [7, 11) is 0. The zero-order chi connectivity index (χ0) is 19.2. The molecule has 0 fully saturated rings. The van der Waals surface area contributed by atoms with Crippen LogP contribution < -0.4 is 5.32 Å². The van der Waals surface area contributed by atoms with E-state index in [1.807, 2.05) is 60.7 Å². The number of carbonyl (C=O) groups is 1. The maximum Gasteiger partial charge on any atom is 0.248 e. The Kier molecular flexibility index (Phi) is 5.61. The van der Waals surface area contributed by atoms with Crippen molar-refractivity contribution >= 4 is 39.2 Å². The number of nitrogens with zero attached hydrogens (tertiary/aromatic N) is 1. The van der Waals surface area contributed by atoms with Crippen LogP contribution in [0.2, 0.25) is 0 Å². The third-order valence-corrected chi connectivity index (χ3v) is 4.98. The molecule has 0 aliphatic rings. The zero-order valence-electron chi connectivity index (χ0n) is 15.0. The van der Waals surface area contributed by atoms with Gasteiger partial charge in [0.1, 0.15) is 17.4 Å². The fraction of sp³-hybridized carbons (Fsp3) is 0.0909. The van der Waals surface area contributed by atoms with Gasteiger partial charge in [-0.2, -0.15) is 0 Å². The van der Waals surface area contributed by atoms with Crippen LogP contribution in [0.25, 0.3) is 16.3 Å². The minimum atomic E-state index is -0.201. The number of para-hydroxylation sites is 1. The lowest BCUT2D eigenvalue weighted by Crippen LogP contribution is -2.08. The number of aromatic nitrogens is 1. The smallest absolute Gasteiger partial charge is 0.248 e. The van der Waals surface area contributed by atoms with Gasteiger partial charge in [0.2, 0.25) is 5.91 Å². The third kappa shape index (κ3) is 4.73. The van der Waals surface area contributed by atoms with Gasteiger partial charge in [0.05, 0.1) is 23.1 Å². The second-order valence-electron chi connectivity index (χ2n) is 6.11. The summed E-state index contributed by atoms with van der Waals surface area (Å²) in [5.74, 6) is 0.581. The van der Waals surface area contributed by atoms with Crippen molar-refractivity contribution in [2.24, 2.45) is 0 Å². The Morgan fingerprint density at radius 2 is 2.04 bits per heavy atom. The topological polar surface area (TPSA) is 64.4 Å². The van der Waals surface area contributed by atoms with Gasteiger partial charge in [0.15, 0.2) is 0 Å². The maximum absolute atomic E-state index is 12.2. The summed E-state index contributed by atoms with van der Waals surface area (Å²) in [4.78, 5) is 16.7. The van der Waals surface area contributed by atoms with E-state index >= 15 is 0 Å². The minimum Gasteiger partial charge on any atom is -0.467 e. The molecule has 0 aliphatic heterocycles. The van der Waals surface area contributed by atoms with Gasteiger partial charge in [-0.1, -0.05) is 24.3 Å². The standard InChI is InChI=1S/C22H18N2O3S/c25-21(10-11-22-24-19-8-1-2-9-20(19)28-22)23-17-6-3-5-16(13-17)14-26-15-18-7-4-12-27-18/h1-13H,14-15H2,(H,23,25). The van der Waals surface area contributed by atoms with Crippen LogP contribution in [0.5, 0.6) is 0 Å². The van der Waals surface area contributed by atoms with E-state index < -0.39 is 0 Å². The molecule has 140 valence electrons. The molecule has 2 aromatic heterocycles. The van der Waals surface area contributed by atoms with Gasteiger partial charge in [-0.05, 0) is 48.0 Å². The first-order valence-corrected chi connectivity index (χ1v) is 9.62. The molecule has 0 radical (unpaired) electrons. The number of fused-ring (bicyclic) bond motifs is 1. The Morgan fingerprint density at radius 3 is 2.89 bits per heavy atom. The molecule has 6 heteroatoms. The first-order chi connectivity index (χ1) is 13.8. The summed E-state index contributed by atoms with van der Waals surface area (Å²) in [5.41, 5.74) is 2.63. The van der Waals surface area contributed by atoms with Crippen LogP contribution in [0.3, 0.4) is 0 Å². The number of ether oxygens (including phenoxy) is 1. The van der Waals surface area contributed by atoms with Crippen LogP contribution >= 0.6 is 11.3 Å². The molecule has 5 nitrogen and oxygen atoms in total. The number of thiazole rings is 1. The molecular formula is C22H18N2O3S. The fourth-order valence-electron chi connectivity index (χ4n) is 2.70.